The lowest BCUT2D eigenvalue weighted by Crippen LogP contribution is -2.00. The van der Waals surface area contributed by atoms with Gasteiger partial charge in [0.1, 0.15) is 12.4 Å². The molecule has 0 unspecified atom stereocenters. The number of ether oxygens (including phenoxy) is 1. The molecule has 2 rings (SSSR count). The van der Waals surface area contributed by atoms with Crippen molar-refractivity contribution in [1.29, 1.82) is 0 Å². The molecule has 0 radical (unpaired) electrons. The second-order valence-corrected chi connectivity index (χ2v) is 4.79. The molecule has 2 aromatic carbocycles. The number of halogens is 3. The molecule has 0 aliphatic heterocycles. The molecule has 0 aliphatic rings. The van der Waals surface area contributed by atoms with Crippen molar-refractivity contribution >= 4 is 15.9 Å². The largest absolute Gasteiger partial charge is 0.488 e. The summed E-state index contributed by atoms with van der Waals surface area (Å²) in [7, 11) is 0. The van der Waals surface area contributed by atoms with Crippen LogP contribution in [-0.4, -0.2) is 0 Å². The Morgan fingerprint density at radius 1 is 1.17 bits per heavy atom. The van der Waals surface area contributed by atoms with Gasteiger partial charge in [-0.05, 0) is 46.6 Å². The van der Waals surface area contributed by atoms with E-state index in [-0.39, 0.29) is 12.2 Å². The highest BCUT2D eigenvalue weighted by Crippen LogP contribution is 2.26. The van der Waals surface area contributed by atoms with Gasteiger partial charge in [0.05, 0.1) is 4.47 Å². The van der Waals surface area contributed by atoms with E-state index >= 15 is 0 Å². The summed E-state index contributed by atoms with van der Waals surface area (Å²) in [6.07, 6.45) is 0. The molecule has 4 heteroatoms. The minimum absolute atomic E-state index is 0.00868. The standard InChI is InChI=1S/C14H11BrF2O/c1-9-5-6-13(11(15)7-9)18-8-10-3-2-4-12(16)14(10)17/h2-7H,8H2,1H3. The first kappa shape index (κ1) is 13.0. The van der Waals surface area contributed by atoms with Gasteiger partial charge in [0.25, 0.3) is 0 Å². The van der Waals surface area contributed by atoms with Gasteiger partial charge in [-0.1, -0.05) is 18.2 Å². The highest BCUT2D eigenvalue weighted by Gasteiger charge is 2.09. The van der Waals surface area contributed by atoms with Gasteiger partial charge in [-0.2, -0.15) is 0 Å². The zero-order valence-corrected chi connectivity index (χ0v) is 11.3. The Morgan fingerprint density at radius 3 is 2.67 bits per heavy atom. The van der Waals surface area contributed by atoms with E-state index in [1.54, 1.807) is 6.07 Å². The summed E-state index contributed by atoms with van der Waals surface area (Å²) in [4.78, 5) is 0. The molecular weight excluding hydrogens is 302 g/mol. The van der Waals surface area contributed by atoms with E-state index in [1.165, 1.54) is 12.1 Å². The summed E-state index contributed by atoms with van der Waals surface area (Å²) in [5.41, 5.74) is 1.29. The predicted octanol–water partition coefficient (Wildman–Crippen LogP) is 4.61. The summed E-state index contributed by atoms with van der Waals surface area (Å²) in [5, 5.41) is 0. The van der Waals surface area contributed by atoms with E-state index < -0.39 is 11.6 Å². The lowest BCUT2D eigenvalue weighted by Gasteiger charge is -2.09. The third-order valence-corrected chi connectivity index (χ3v) is 3.12. The van der Waals surface area contributed by atoms with Crippen LogP contribution in [0.15, 0.2) is 40.9 Å². The molecule has 0 saturated heterocycles. The van der Waals surface area contributed by atoms with E-state index in [2.05, 4.69) is 15.9 Å². The van der Waals surface area contributed by atoms with Gasteiger partial charge in [-0.25, -0.2) is 8.78 Å². The van der Waals surface area contributed by atoms with Crippen molar-refractivity contribution in [2.75, 3.05) is 0 Å². The third kappa shape index (κ3) is 2.88. The molecular formula is C14H11BrF2O. The van der Waals surface area contributed by atoms with E-state index in [1.807, 2.05) is 19.1 Å². The first-order valence-corrected chi connectivity index (χ1v) is 6.19. The smallest absolute Gasteiger partial charge is 0.165 e. The molecule has 18 heavy (non-hydrogen) atoms. The zero-order chi connectivity index (χ0) is 13.1. The third-order valence-electron chi connectivity index (χ3n) is 2.50. The Hall–Kier alpha value is -1.42. The number of aryl methyl sites for hydroxylation is 1. The monoisotopic (exact) mass is 312 g/mol. The van der Waals surface area contributed by atoms with E-state index in [9.17, 15) is 8.78 Å². The minimum atomic E-state index is -0.862. The van der Waals surface area contributed by atoms with Gasteiger partial charge in [-0.15, -0.1) is 0 Å². The van der Waals surface area contributed by atoms with Crippen LogP contribution in [0.1, 0.15) is 11.1 Å². The predicted molar refractivity (Wildman–Crippen MR) is 69.6 cm³/mol. The second kappa shape index (κ2) is 5.48. The Balaban J connectivity index is 2.14. The first-order valence-electron chi connectivity index (χ1n) is 5.40. The van der Waals surface area contributed by atoms with Crippen molar-refractivity contribution in [2.24, 2.45) is 0 Å². The van der Waals surface area contributed by atoms with Crippen LogP contribution < -0.4 is 4.74 Å². The maximum Gasteiger partial charge on any atom is 0.165 e. The summed E-state index contributed by atoms with van der Waals surface area (Å²) < 4.78 is 32.7. The number of hydrogen-bond donors (Lipinski definition) is 0. The summed E-state index contributed by atoms with van der Waals surface area (Å²) >= 11 is 3.36. The average Bonchev–Trinajstić information content (AvgIpc) is 2.33. The SMILES string of the molecule is Cc1ccc(OCc2cccc(F)c2F)c(Br)c1. The molecule has 0 spiro atoms. The van der Waals surface area contributed by atoms with Crippen molar-refractivity contribution in [3.8, 4) is 5.75 Å². The summed E-state index contributed by atoms with van der Waals surface area (Å²) in [6.45, 7) is 1.95. The lowest BCUT2D eigenvalue weighted by atomic mass is 10.2. The van der Waals surface area contributed by atoms with Gasteiger partial charge in [0, 0.05) is 5.56 Å². The van der Waals surface area contributed by atoms with Crippen LogP contribution in [0.5, 0.6) is 5.75 Å². The highest BCUT2D eigenvalue weighted by molar-refractivity contribution is 9.10. The highest BCUT2D eigenvalue weighted by atomic mass is 79.9. The van der Waals surface area contributed by atoms with Gasteiger partial charge in [0.15, 0.2) is 11.6 Å². The molecule has 0 heterocycles. The average molecular weight is 313 g/mol. The van der Waals surface area contributed by atoms with Crippen LogP contribution >= 0.6 is 15.9 Å². The Morgan fingerprint density at radius 2 is 1.94 bits per heavy atom. The Labute approximate surface area is 113 Å². The van der Waals surface area contributed by atoms with Crippen LogP contribution in [0.2, 0.25) is 0 Å². The quantitative estimate of drug-likeness (QED) is 0.804. The molecule has 2 aromatic rings. The van der Waals surface area contributed by atoms with Crippen molar-refractivity contribution in [3.05, 3.63) is 63.6 Å². The van der Waals surface area contributed by atoms with Gasteiger partial charge in [0.2, 0.25) is 0 Å². The van der Waals surface area contributed by atoms with E-state index in [0.717, 1.165) is 16.1 Å². The molecule has 0 saturated carbocycles. The van der Waals surface area contributed by atoms with Crippen LogP contribution in [0.25, 0.3) is 0 Å². The van der Waals surface area contributed by atoms with Crippen LogP contribution in [0, 0.1) is 18.6 Å². The molecule has 94 valence electrons. The number of hydrogen-bond acceptors (Lipinski definition) is 1. The Bertz CT molecular complexity index is 570. The molecule has 1 nitrogen and oxygen atoms in total. The number of benzene rings is 2. The van der Waals surface area contributed by atoms with Crippen molar-refractivity contribution in [1.82, 2.24) is 0 Å². The molecule has 0 atom stereocenters. The van der Waals surface area contributed by atoms with Gasteiger partial charge >= 0.3 is 0 Å². The van der Waals surface area contributed by atoms with Crippen molar-refractivity contribution in [3.63, 3.8) is 0 Å². The number of rotatable bonds is 3. The van der Waals surface area contributed by atoms with Crippen LogP contribution in [0.4, 0.5) is 8.78 Å². The molecule has 0 fully saturated rings. The van der Waals surface area contributed by atoms with Crippen LogP contribution in [0.3, 0.4) is 0 Å². The van der Waals surface area contributed by atoms with Crippen LogP contribution in [-0.2, 0) is 6.61 Å². The summed E-state index contributed by atoms with van der Waals surface area (Å²) in [6, 6.07) is 9.62. The normalized spacial score (nSPS) is 10.4. The minimum Gasteiger partial charge on any atom is -0.488 e. The van der Waals surface area contributed by atoms with Crippen molar-refractivity contribution < 1.29 is 13.5 Å². The molecule has 0 aliphatic carbocycles. The van der Waals surface area contributed by atoms with Crippen molar-refractivity contribution in [2.45, 2.75) is 13.5 Å². The molecule has 0 N–H and O–H groups in total. The van der Waals surface area contributed by atoms with Gasteiger partial charge < -0.3 is 4.74 Å². The molecule has 0 amide bonds. The van der Waals surface area contributed by atoms with E-state index in [0.29, 0.717) is 5.75 Å². The lowest BCUT2D eigenvalue weighted by molar-refractivity contribution is 0.295. The summed E-state index contributed by atoms with van der Waals surface area (Å²) in [5.74, 6) is -1.12. The maximum atomic E-state index is 13.4. The van der Waals surface area contributed by atoms with Gasteiger partial charge in [-0.3, -0.25) is 0 Å². The fourth-order valence-corrected chi connectivity index (χ4v) is 2.15. The topological polar surface area (TPSA) is 9.23 Å². The zero-order valence-electron chi connectivity index (χ0n) is 9.71. The first-order chi connectivity index (χ1) is 8.58. The maximum absolute atomic E-state index is 13.4. The molecule has 0 bridgehead atoms. The second-order valence-electron chi connectivity index (χ2n) is 3.94. The van der Waals surface area contributed by atoms with E-state index in [4.69, 9.17) is 4.74 Å². The fraction of sp³-hybridized carbons (Fsp3) is 0.143. The Kier molecular flexibility index (Phi) is 3.97. The molecule has 0 aromatic heterocycles. The fourth-order valence-electron chi connectivity index (χ4n) is 1.54.